The molecular weight excluding hydrogens is 276 g/mol. The van der Waals surface area contributed by atoms with Gasteiger partial charge < -0.3 is 19.3 Å². The fourth-order valence-electron chi connectivity index (χ4n) is 2.95. The zero-order valence-corrected chi connectivity index (χ0v) is 14.3. The van der Waals surface area contributed by atoms with Crippen LogP contribution in [0.15, 0.2) is 18.2 Å². The molecule has 0 bridgehead atoms. The molecule has 1 fully saturated rings. The second kappa shape index (κ2) is 9.13. The Labute approximate surface area is 135 Å². The zero-order chi connectivity index (χ0) is 15.8. The van der Waals surface area contributed by atoms with Gasteiger partial charge in [0.2, 0.25) is 0 Å². The number of ether oxygens (including phenoxy) is 2. The van der Waals surface area contributed by atoms with Crippen LogP contribution in [0.1, 0.15) is 24.5 Å². The fraction of sp³-hybridized carbons (Fsp3) is 0.667. The first-order valence-electron chi connectivity index (χ1n) is 8.37. The Hall–Kier alpha value is -1.10. The maximum absolute atomic E-state index is 5.77. The van der Waals surface area contributed by atoms with E-state index in [0.29, 0.717) is 6.61 Å². The lowest BCUT2D eigenvalue weighted by atomic mass is 10.0. The lowest BCUT2D eigenvalue weighted by Gasteiger charge is -2.32. The molecule has 2 rings (SSSR count). The molecule has 1 aromatic carbocycles. The quantitative estimate of drug-likeness (QED) is 0.736. The minimum absolute atomic E-state index is 0.665. The number of hydrogen-bond acceptors (Lipinski definition) is 4. The third-order valence-corrected chi connectivity index (χ3v) is 4.25. The SMILES string of the molecule is CCOc1ccc(COC)cc1CCCN1CCN(C)CC1. The highest BCUT2D eigenvalue weighted by atomic mass is 16.5. The van der Waals surface area contributed by atoms with Crippen LogP contribution in [0.2, 0.25) is 0 Å². The van der Waals surface area contributed by atoms with Crippen molar-refractivity contribution in [1.29, 1.82) is 0 Å². The second-order valence-corrected chi connectivity index (χ2v) is 6.06. The molecule has 0 saturated carbocycles. The molecule has 0 atom stereocenters. The zero-order valence-electron chi connectivity index (χ0n) is 14.3. The van der Waals surface area contributed by atoms with Crippen molar-refractivity contribution in [3.05, 3.63) is 29.3 Å². The first kappa shape index (κ1) is 17.3. The third kappa shape index (κ3) is 5.27. The van der Waals surface area contributed by atoms with Gasteiger partial charge in [0.05, 0.1) is 13.2 Å². The summed E-state index contributed by atoms with van der Waals surface area (Å²) in [7, 11) is 3.94. The Morgan fingerprint density at radius 3 is 2.59 bits per heavy atom. The first-order valence-corrected chi connectivity index (χ1v) is 8.37. The number of nitrogens with zero attached hydrogens (tertiary/aromatic N) is 2. The first-order chi connectivity index (χ1) is 10.7. The monoisotopic (exact) mass is 306 g/mol. The van der Waals surface area contributed by atoms with Crippen molar-refractivity contribution in [1.82, 2.24) is 9.80 Å². The van der Waals surface area contributed by atoms with E-state index in [1.807, 2.05) is 6.92 Å². The molecule has 1 aliphatic rings. The van der Waals surface area contributed by atoms with Crippen LogP contribution in [-0.4, -0.2) is 63.3 Å². The molecule has 0 N–H and O–H groups in total. The molecule has 22 heavy (non-hydrogen) atoms. The molecule has 1 aromatic rings. The number of aryl methyl sites for hydroxylation is 1. The highest BCUT2D eigenvalue weighted by molar-refractivity contribution is 5.37. The average Bonchev–Trinajstić information content (AvgIpc) is 2.52. The van der Waals surface area contributed by atoms with Crippen molar-refractivity contribution in [2.75, 3.05) is 53.5 Å². The molecule has 0 aromatic heterocycles. The van der Waals surface area contributed by atoms with E-state index in [2.05, 4.69) is 35.0 Å². The molecule has 0 radical (unpaired) electrons. The van der Waals surface area contributed by atoms with Crippen molar-refractivity contribution in [2.24, 2.45) is 0 Å². The van der Waals surface area contributed by atoms with E-state index in [1.165, 1.54) is 50.3 Å². The van der Waals surface area contributed by atoms with E-state index in [0.717, 1.165) is 18.8 Å². The van der Waals surface area contributed by atoms with E-state index < -0.39 is 0 Å². The topological polar surface area (TPSA) is 24.9 Å². The molecule has 1 aliphatic heterocycles. The summed E-state index contributed by atoms with van der Waals surface area (Å²) in [5, 5.41) is 0. The van der Waals surface area contributed by atoms with Gasteiger partial charge in [0, 0.05) is 33.3 Å². The van der Waals surface area contributed by atoms with Gasteiger partial charge in [0.25, 0.3) is 0 Å². The maximum Gasteiger partial charge on any atom is 0.122 e. The van der Waals surface area contributed by atoms with Gasteiger partial charge in [-0.15, -0.1) is 0 Å². The minimum atomic E-state index is 0.665. The average molecular weight is 306 g/mol. The molecule has 0 spiro atoms. The van der Waals surface area contributed by atoms with Crippen molar-refractivity contribution in [3.63, 3.8) is 0 Å². The maximum atomic E-state index is 5.77. The molecule has 0 unspecified atom stereocenters. The lowest BCUT2D eigenvalue weighted by Crippen LogP contribution is -2.44. The smallest absolute Gasteiger partial charge is 0.122 e. The van der Waals surface area contributed by atoms with Crippen molar-refractivity contribution in [2.45, 2.75) is 26.4 Å². The Kier molecular flexibility index (Phi) is 7.16. The molecule has 0 aliphatic carbocycles. The lowest BCUT2D eigenvalue weighted by molar-refractivity contribution is 0.153. The standard InChI is InChI=1S/C18H30N2O2/c1-4-22-18-8-7-16(15-21-3)14-17(18)6-5-9-20-12-10-19(2)11-13-20/h7-8,14H,4-6,9-13,15H2,1-3H3. The summed E-state index contributed by atoms with van der Waals surface area (Å²) in [5.41, 5.74) is 2.53. The second-order valence-electron chi connectivity index (χ2n) is 6.06. The van der Waals surface area contributed by atoms with Crippen LogP contribution in [-0.2, 0) is 17.8 Å². The van der Waals surface area contributed by atoms with E-state index in [9.17, 15) is 0 Å². The summed E-state index contributed by atoms with van der Waals surface area (Å²) in [6.45, 7) is 9.36. The Balaban J connectivity index is 1.88. The van der Waals surface area contributed by atoms with E-state index in [-0.39, 0.29) is 0 Å². The summed E-state index contributed by atoms with van der Waals surface area (Å²) >= 11 is 0. The van der Waals surface area contributed by atoms with Crippen LogP contribution < -0.4 is 4.74 Å². The molecule has 124 valence electrons. The van der Waals surface area contributed by atoms with Gasteiger partial charge in [-0.3, -0.25) is 0 Å². The summed E-state index contributed by atoms with van der Waals surface area (Å²) in [6.07, 6.45) is 2.25. The van der Waals surface area contributed by atoms with Gasteiger partial charge in [0.1, 0.15) is 5.75 Å². The Bertz CT molecular complexity index is 443. The Morgan fingerprint density at radius 1 is 1.14 bits per heavy atom. The van der Waals surface area contributed by atoms with Crippen LogP contribution in [0, 0.1) is 0 Å². The largest absolute Gasteiger partial charge is 0.494 e. The van der Waals surface area contributed by atoms with Crippen molar-refractivity contribution in [3.8, 4) is 5.75 Å². The third-order valence-electron chi connectivity index (χ3n) is 4.25. The number of rotatable bonds is 8. The van der Waals surface area contributed by atoms with E-state index in [1.54, 1.807) is 7.11 Å². The molecule has 4 heteroatoms. The predicted octanol–water partition coefficient (Wildman–Crippen LogP) is 2.41. The molecule has 1 saturated heterocycles. The van der Waals surface area contributed by atoms with Gasteiger partial charge in [-0.05, 0) is 56.6 Å². The molecule has 4 nitrogen and oxygen atoms in total. The van der Waals surface area contributed by atoms with E-state index >= 15 is 0 Å². The van der Waals surface area contributed by atoms with Crippen LogP contribution in [0.5, 0.6) is 5.75 Å². The van der Waals surface area contributed by atoms with Gasteiger partial charge in [-0.2, -0.15) is 0 Å². The number of piperazine rings is 1. The molecule has 1 heterocycles. The summed E-state index contributed by atoms with van der Waals surface area (Å²) in [4.78, 5) is 4.97. The number of benzene rings is 1. The number of likely N-dealkylation sites (N-methyl/N-ethyl adjacent to an activating group) is 1. The number of hydrogen-bond donors (Lipinski definition) is 0. The molecule has 0 amide bonds. The minimum Gasteiger partial charge on any atom is -0.494 e. The van der Waals surface area contributed by atoms with Crippen LogP contribution in [0.3, 0.4) is 0 Å². The van der Waals surface area contributed by atoms with Crippen LogP contribution in [0.4, 0.5) is 0 Å². The summed E-state index contributed by atoms with van der Waals surface area (Å²) in [5.74, 6) is 1.03. The van der Waals surface area contributed by atoms with Gasteiger partial charge in [-0.1, -0.05) is 6.07 Å². The fourth-order valence-corrected chi connectivity index (χ4v) is 2.95. The van der Waals surface area contributed by atoms with Gasteiger partial charge in [0.15, 0.2) is 0 Å². The van der Waals surface area contributed by atoms with Gasteiger partial charge in [-0.25, -0.2) is 0 Å². The summed E-state index contributed by atoms with van der Waals surface area (Å²) < 4.78 is 11.0. The predicted molar refractivity (Wildman–Crippen MR) is 90.6 cm³/mol. The highest BCUT2D eigenvalue weighted by Crippen LogP contribution is 2.22. The number of methoxy groups -OCH3 is 1. The van der Waals surface area contributed by atoms with Crippen molar-refractivity contribution < 1.29 is 9.47 Å². The summed E-state index contributed by atoms with van der Waals surface area (Å²) in [6, 6.07) is 6.42. The Morgan fingerprint density at radius 2 is 1.91 bits per heavy atom. The van der Waals surface area contributed by atoms with E-state index in [4.69, 9.17) is 9.47 Å². The van der Waals surface area contributed by atoms with Crippen LogP contribution >= 0.6 is 0 Å². The normalized spacial score (nSPS) is 16.9. The van der Waals surface area contributed by atoms with Gasteiger partial charge >= 0.3 is 0 Å². The van der Waals surface area contributed by atoms with Crippen LogP contribution in [0.25, 0.3) is 0 Å². The molecular formula is C18H30N2O2. The highest BCUT2D eigenvalue weighted by Gasteiger charge is 2.13. The van der Waals surface area contributed by atoms with Crippen molar-refractivity contribution >= 4 is 0 Å².